The van der Waals surface area contributed by atoms with Crippen LogP contribution in [-0.4, -0.2) is 35.8 Å². The van der Waals surface area contributed by atoms with E-state index in [1.165, 1.54) is 23.2 Å². The molecule has 0 spiro atoms. The SMILES string of the molecule is Cn1c(=O)c2c(nc(C[C@H](N)C(=O)O)n2C)n(C)c1=O. The summed E-state index contributed by atoms with van der Waals surface area (Å²) in [5.41, 5.74) is 4.95. The fraction of sp³-hybridized carbons (Fsp3) is 0.455. The molecule has 0 fully saturated rings. The maximum absolute atomic E-state index is 12.1. The Morgan fingerprint density at radius 1 is 1.25 bits per heavy atom. The largest absolute Gasteiger partial charge is 0.480 e. The summed E-state index contributed by atoms with van der Waals surface area (Å²) in [6, 6.07) is -1.12. The highest BCUT2D eigenvalue weighted by atomic mass is 16.4. The van der Waals surface area contributed by atoms with Gasteiger partial charge < -0.3 is 15.4 Å². The fourth-order valence-corrected chi connectivity index (χ4v) is 2.03. The monoisotopic (exact) mass is 281 g/mol. The van der Waals surface area contributed by atoms with E-state index in [0.717, 1.165) is 4.57 Å². The number of fused-ring (bicyclic) bond motifs is 1. The highest BCUT2D eigenvalue weighted by molar-refractivity contribution is 5.74. The number of imidazole rings is 1. The molecule has 2 aromatic heterocycles. The maximum Gasteiger partial charge on any atom is 0.332 e. The van der Waals surface area contributed by atoms with Gasteiger partial charge in [-0.3, -0.25) is 18.7 Å². The van der Waals surface area contributed by atoms with Crippen LogP contribution in [0.2, 0.25) is 0 Å². The van der Waals surface area contributed by atoms with Crippen LogP contribution in [-0.2, 0) is 32.4 Å². The van der Waals surface area contributed by atoms with Gasteiger partial charge in [0, 0.05) is 27.6 Å². The van der Waals surface area contributed by atoms with E-state index >= 15 is 0 Å². The summed E-state index contributed by atoms with van der Waals surface area (Å²) in [4.78, 5) is 38.9. The van der Waals surface area contributed by atoms with Gasteiger partial charge in [-0.15, -0.1) is 0 Å². The first kappa shape index (κ1) is 14.0. The molecule has 0 unspecified atom stereocenters. The van der Waals surface area contributed by atoms with Crippen LogP contribution < -0.4 is 17.0 Å². The molecule has 9 nitrogen and oxygen atoms in total. The highest BCUT2D eigenvalue weighted by Crippen LogP contribution is 2.10. The number of carboxylic acid groups (broad SMARTS) is 1. The predicted molar refractivity (Wildman–Crippen MR) is 70.5 cm³/mol. The molecule has 0 aliphatic carbocycles. The minimum atomic E-state index is -1.15. The third kappa shape index (κ3) is 1.92. The smallest absolute Gasteiger partial charge is 0.332 e. The lowest BCUT2D eigenvalue weighted by Gasteiger charge is -2.06. The quantitative estimate of drug-likeness (QED) is 0.665. The van der Waals surface area contributed by atoms with Crippen molar-refractivity contribution in [3.63, 3.8) is 0 Å². The Bertz CT molecular complexity index is 813. The lowest BCUT2D eigenvalue weighted by Crippen LogP contribution is -2.37. The van der Waals surface area contributed by atoms with Crippen molar-refractivity contribution in [3.05, 3.63) is 26.7 Å². The van der Waals surface area contributed by atoms with Crippen molar-refractivity contribution in [2.75, 3.05) is 0 Å². The lowest BCUT2D eigenvalue weighted by atomic mass is 10.2. The Morgan fingerprint density at radius 2 is 1.85 bits per heavy atom. The number of aliphatic carboxylic acids is 1. The van der Waals surface area contributed by atoms with E-state index in [2.05, 4.69) is 4.98 Å². The van der Waals surface area contributed by atoms with E-state index in [4.69, 9.17) is 10.8 Å². The maximum atomic E-state index is 12.1. The Balaban J connectivity index is 2.74. The number of nitrogens with two attached hydrogens (primary N) is 1. The molecule has 0 aliphatic heterocycles. The van der Waals surface area contributed by atoms with Crippen LogP contribution in [0.4, 0.5) is 0 Å². The second kappa shape index (κ2) is 4.60. The number of hydrogen-bond acceptors (Lipinski definition) is 5. The van der Waals surface area contributed by atoms with Gasteiger partial charge in [-0.25, -0.2) is 9.78 Å². The molecule has 2 rings (SSSR count). The number of aryl methyl sites for hydroxylation is 2. The van der Waals surface area contributed by atoms with E-state index in [1.54, 1.807) is 7.05 Å². The second-order valence-corrected chi connectivity index (χ2v) is 4.61. The van der Waals surface area contributed by atoms with Gasteiger partial charge in [-0.05, 0) is 0 Å². The summed E-state index contributed by atoms with van der Waals surface area (Å²) in [7, 11) is 4.46. The molecule has 0 saturated heterocycles. The molecular weight excluding hydrogens is 266 g/mol. The number of rotatable bonds is 3. The minimum Gasteiger partial charge on any atom is -0.480 e. The van der Waals surface area contributed by atoms with Crippen molar-refractivity contribution in [2.45, 2.75) is 12.5 Å². The van der Waals surface area contributed by atoms with Gasteiger partial charge in [0.1, 0.15) is 11.9 Å². The van der Waals surface area contributed by atoms with Gasteiger partial charge in [0.25, 0.3) is 5.56 Å². The summed E-state index contributed by atoms with van der Waals surface area (Å²) in [6.45, 7) is 0. The molecule has 20 heavy (non-hydrogen) atoms. The van der Waals surface area contributed by atoms with Gasteiger partial charge in [0.05, 0.1) is 0 Å². The molecule has 0 saturated carbocycles. The molecule has 2 heterocycles. The normalized spacial score (nSPS) is 12.8. The van der Waals surface area contributed by atoms with Gasteiger partial charge in [-0.1, -0.05) is 0 Å². The third-order valence-corrected chi connectivity index (χ3v) is 3.29. The average Bonchev–Trinajstić information content (AvgIpc) is 2.71. The molecule has 0 radical (unpaired) electrons. The van der Waals surface area contributed by atoms with Crippen LogP contribution in [0.5, 0.6) is 0 Å². The number of carboxylic acids is 1. The van der Waals surface area contributed by atoms with Crippen LogP contribution in [0.15, 0.2) is 9.59 Å². The average molecular weight is 281 g/mol. The van der Waals surface area contributed by atoms with Crippen molar-refractivity contribution >= 4 is 17.1 Å². The number of nitrogens with zero attached hydrogens (tertiary/aromatic N) is 4. The van der Waals surface area contributed by atoms with Crippen molar-refractivity contribution in [1.82, 2.24) is 18.7 Å². The standard InChI is InChI=1S/C11H15N5O4/c1-14-6(4-5(12)10(18)19)13-8-7(14)9(17)16(3)11(20)15(8)2/h5H,4,12H2,1-3H3,(H,18,19)/t5-/m0/s1. The van der Waals surface area contributed by atoms with Gasteiger partial charge in [0.2, 0.25) is 0 Å². The van der Waals surface area contributed by atoms with E-state index in [-0.39, 0.29) is 17.6 Å². The Hall–Kier alpha value is -2.42. The van der Waals surface area contributed by atoms with Crippen molar-refractivity contribution in [3.8, 4) is 0 Å². The number of carbonyl (C=O) groups is 1. The van der Waals surface area contributed by atoms with E-state index in [9.17, 15) is 14.4 Å². The minimum absolute atomic E-state index is 0.0299. The van der Waals surface area contributed by atoms with Crippen molar-refractivity contribution in [2.24, 2.45) is 26.9 Å². The topological polar surface area (TPSA) is 125 Å². The first-order valence-corrected chi connectivity index (χ1v) is 5.85. The molecule has 1 atom stereocenters. The highest BCUT2D eigenvalue weighted by Gasteiger charge is 2.20. The first-order valence-electron chi connectivity index (χ1n) is 5.85. The molecule has 9 heteroatoms. The summed E-state index contributed by atoms with van der Waals surface area (Å²) in [5.74, 6) is -0.813. The van der Waals surface area contributed by atoms with Crippen LogP contribution in [0.1, 0.15) is 5.82 Å². The lowest BCUT2D eigenvalue weighted by molar-refractivity contribution is -0.138. The number of aromatic nitrogens is 4. The van der Waals surface area contributed by atoms with E-state index in [0.29, 0.717) is 5.82 Å². The van der Waals surface area contributed by atoms with Crippen molar-refractivity contribution in [1.29, 1.82) is 0 Å². The third-order valence-electron chi connectivity index (χ3n) is 3.29. The summed E-state index contributed by atoms with van der Waals surface area (Å²) < 4.78 is 3.69. The van der Waals surface area contributed by atoms with E-state index < -0.39 is 23.3 Å². The summed E-state index contributed by atoms with van der Waals surface area (Å²) >= 11 is 0. The van der Waals surface area contributed by atoms with Gasteiger partial charge in [-0.2, -0.15) is 0 Å². The molecular formula is C11H15N5O4. The zero-order valence-electron chi connectivity index (χ0n) is 11.3. The summed E-state index contributed by atoms with van der Waals surface area (Å²) in [5, 5.41) is 8.82. The molecule has 108 valence electrons. The van der Waals surface area contributed by atoms with Crippen LogP contribution in [0.25, 0.3) is 11.2 Å². The summed E-state index contributed by atoms with van der Waals surface area (Å²) in [6.07, 6.45) is -0.0299. The molecule has 0 aromatic carbocycles. The second-order valence-electron chi connectivity index (χ2n) is 4.61. The molecule has 3 N–H and O–H groups in total. The molecule has 2 aromatic rings. The van der Waals surface area contributed by atoms with E-state index in [1.807, 2.05) is 0 Å². The van der Waals surface area contributed by atoms with Crippen LogP contribution in [0.3, 0.4) is 0 Å². The molecule has 0 amide bonds. The predicted octanol–water partition coefficient (Wildman–Crippen LogP) is -2.07. The molecule has 0 aliphatic rings. The Morgan fingerprint density at radius 3 is 2.40 bits per heavy atom. The fourth-order valence-electron chi connectivity index (χ4n) is 2.03. The van der Waals surface area contributed by atoms with Crippen molar-refractivity contribution < 1.29 is 9.90 Å². The van der Waals surface area contributed by atoms with Crippen LogP contribution in [0, 0.1) is 0 Å². The van der Waals surface area contributed by atoms with Crippen LogP contribution >= 0.6 is 0 Å². The zero-order chi connectivity index (χ0) is 15.2. The zero-order valence-corrected chi connectivity index (χ0v) is 11.3. The number of hydrogen-bond donors (Lipinski definition) is 2. The Kier molecular flexibility index (Phi) is 3.22. The first-order chi connectivity index (χ1) is 9.25. The molecule has 0 bridgehead atoms. The van der Waals surface area contributed by atoms with Gasteiger partial charge >= 0.3 is 11.7 Å². The Labute approximate surface area is 112 Å². The van der Waals surface area contributed by atoms with Gasteiger partial charge in [0.15, 0.2) is 11.2 Å².